The van der Waals surface area contributed by atoms with Crippen molar-refractivity contribution < 1.29 is 9.53 Å². The molecule has 0 spiro atoms. The van der Waals surface area contributed by atoms with Crippen molar-refractivity contribution in [3.05, 3.63) is 59.5 Å². The van der Waals surface area contributed by atoms with Crippen LogP contribution >= 0.6 is 11.3 Å². The molecule has 8 nitrogen and oxygen atoms in total. The zero-order valence-corrected chi connectivity index (χ0v) is 18.5. The summed E-state index contributed by atoms with van der Waals surface area (Å²) >= 11 is 1.40. The average molecular weight is 439 g/mol. The summed E-state index contributed by atoms with van der Waals surface area (Å²) in [6.45, 7) is 8.30. The number of benzene rings is 1. The maximum Gasteiger partial charge on any atom is 0.257 e. The quantitative estimate of drug-likeness (QED) is 0.606. The van der Waals surface area contributed by atoms with Crippen molar-refractivity contribution >= 4 is 28.2 Å². The molecule has 0 bridgehead atoms. The Morgan fingerprint density at radius 3 is 2.65 bits per heavy atom. The van der Waals surface area contributed by atoms with Gasteiger partial charge in [-0.25, -0.2) is 9.97 Å². The number of carbonyl (C=O) groups is 1. The van der Waals surface area contributed by atoms with E-state index < -0.39 is 0 Å². The van der Waals surface area contributed by atoms with Crippen LogP contribution in [0.5, 0.6) is 5.75 Å². The van der Waals surface area contributed by atoms with Gasteiger partial charge in [-0.15, -0.1) is 11.3 Å². The molecule has 1 amide bonds. The van der Waals surface area contributed by atoms with E-state index in [1.54, 1.807) is 30.9 Å². The molecule has 9 heteroatoms. The zero-order valence-electron chi connectivity index (χ0n) is 17.7. The van der Waals surface area contributed by atoms with Crippen LogP contribution in [-0.2, 0) is 6.54 Å². The molecule has 162 valence electrons. The van der Waals surface area contributed by atoms with Crippen molar-refractivity contribution in [2.45, 2.75) is 26.5 Å². The van der Waals surface area contributed by atoms with Crippen molar-refractivity contribution in [3.63, 3.8) is 0 Å². The second kappa shape index (κ2) is 9.84. The third-order valence-electron chi connectivity index (χ3n) is 4.91. The molecule has 2 aromatic heterocycles. The van der Waals surface area contributed by atoms with Gasteiger partial charge in [-0.2, -0.15) is 0 Å². The first-order valence-electron chi connectivity index (χ1n) is 10.3. The molecule has 31 heavy (non-hydrogen) atoms. The second-order valence-electron chi connectivity index (χ2n) is 7.65. The summed E-state index contributed by atoms with van der Waals surface area (Å²) in [5.74, 6) is 1.43. The lowest BCUT2D eigenvalue weighted by atomic mass is 10.1. The highest BCUT2D eigenvalue weighted by Gasteiger charge is 2.19. The highest BCUT2D eigenvalue weighted by atomic mass is 32.1. The van der Waals surface area contributed by atoms with Crippen LogP contribution in [0.1, 0.15) is 29.8 Å². The number of nitrogens with one attached hydrogen (secondary N) is 1. The maximum absolute atomic E-state index is 12.8. The molecule has 3 aromatic rings. The molecule has 0 atom stereocenters. The number of carbonyl (C=O) groups excluding carboxylic acids is 1. The van der Waals surface area contributed by atoms with Gasteiger partial charge in [0.05, 0.1) is 12.3 Å². The third kappa shape index (κ3) is 5.77. The highest BCUT2D eigenvalue weighted by molar-refractivity contribution is 7.13. The van der Waals surface area contributed by atoms with Crippen molar-refractivity contribution in [1.29, 1.82) is 0 Å². The van der Waals surface area contributed by atoms with Crippen molar-refractivity contribution in [2.24, 2.45) is 0 Å². The lowest BCUT2D eigenvalue weighted by Crippen LogP contribution is -2.46. The van der Waals surface area contributed by atoms with E-state index in [4.69, 9.17) is 4.74 Å². The minimum absolute atomic E-state index is 0.0284. The van der Waals surface area contributed by atoms with Gasteiger partial charge in [0.15, 0.2) is 5.13 Å². The van der Waals surface area contributed by atoms with Crippen LogP contribution in [0.4, 0.5) is 10.9 Å². The first-order chi connectivity index (χ1) is 15.1. The van der Waals surface area contributed by atoms with Gasteiger partial charge in [0.25, 0.3) is 5.91 Å². The van der Waals surface area contributed by atoms with Gasteiger partial charge in [-0.05, 0) is 37.6 Å². The molecular formula is C22H26N6O2S. The molecule has 0 radical (unpaired) electrons. The van der Waals surface area contributed by atoms with E-state index in [0.717, 1.165) is 44.1 Å². The molecule has 3 heterocycles. The molecule has 4 rings (SSSR count). The number of thiazole rings is 1. The van der Waals surface area contributed by atoms with Gasteiger partial charge in [-0.3, -0.25) is 20.0 Å². The van der Waals surface area contributed by atoms with Gasteiger partial charge in [-0.1, -0.05) is 0 Å². The van der Waals surface area contributed by atoms with E-state index in [2.05, 4.69) is 30.1 Å². The first kappa shape index (κ1) is 21.2. The van der Waals surface area contributed by atoms with Gasteiger partial charge in [0, 0.05) is 62.3 Å². The smallest absolute Gasteiger partial charge is 0.257 e. The van der Waals surface area contributed by atoms with Crippen LogP contribution in [-0.4, -0.2) is 58.0 Å². The summed E-state index contributed by atoms with van der Waals surface area (Å²) in [4.78, 5) is 30.1. The van der Waals surface area contributed by atoms with Crippen molar-refractivity contribution in [2.75, 3.05) is 36.4 Å². The molecule has 1 aromatic carbocycles. The minimum atomic E-state index is -0.183. The number of piperazine rings is 1. The third-order valence-corrected chi connectivity index (χ3v) is 5.59. The van der Waals surface area contributed by atoms with Gasteiger partial charge in [0.2, 0.25) is 0 Å². The summed E-state index contributed by atoms with van der Waals surface area (Å²) in [6, 6.07) is 5.75. The standard InChI is InChI=1S/C22H26N6O2S/c1-16(2)30-19-12-17(11-18(13-19)21(29)26-22-25-5-10-31-22)15-27-6-8-28(9-7-27)20-14-23-3-4-24-20/h3-5,10-14,16H,6-9,15H2,1-2H3,(H,25,26,29). The van der Waals surface area contributed by atoms with E-state index in [-0.39, 0.29) is 12.0 Å². The maximum atomic E-state index is 12.8. The SMILES string of the molecule is CC(C)Oc1cc(CN2CCN(c3cnccn3)CC2)cc(C(=O)Nc2nccs2)c1. The van der Waals surface area contributed by atoms with Gasteiger partial charge < -0.3 is 9.64 Å². The fourth-order valence-corrected chi connectivity index (χ4v) is 4.05. The minimum Gasteiger partial charge on any atom is -0.491 e. The number of rotatable bonds is 7. The second-order valence-corrected chi connectivity index (χ2v) is 8.54. The van der Waals surface area contributed by atoms with E-state index in [1.165, 1.54) is 11.3 Å². The van der Waals surface area contributed by atoms with Crippen LogP contribution in [0.25, 0.3) is 0 Å². The summed E-state index contributed by atoms with van der Waals surface area (Å²) in [6.07, 6.45) is 6.91. The van der Waals surface area contributed by atoms with Gasteiger partial charge in [0.1, 0.15) is 11.6 Å². The Kier molecular flexibility index (Phi) is 6.73. The van der Waals surface area contributed by atoms with E-state index in [1.807, 2.05) is 31.4 Å². The Morgan fingerprint density at radius 2 is 1.97 bits per heavy atom. The molecular weight excluding hydrogens is 412 g/mol. The molecule has 1 saturated heterocycles. The Bertz CT molecular complexity index is 989. The highest BCUT2D eigenvalue weighted by Crippen LogP contribution is 2.22. The Morgan fingerprint density at radius 1 is 1.13 bits per heavy atom. The molecule has 0 aliphatic carbocycles. The number of anilines is 2. The molecule has 0 unspecified atom stereocenters. The lowest BCUT2D eigenvalue weighted by molar-refractivity contribution is 0.102. The number of nitrogens with zero attached hydrogens (tertiary/aromatic N) is 5. The monoisotopic (exact) mass is 438 g/mol. The molecule has 0 saturated carbocycles. The molecule has 1 N–H and O–H groups in total. The van der Waals surface area contributed by atoms with Gasteiger partial charge >= 0.3 is 0 Å². The number of ether oxygens (including phenoxy) is 1. The normalized spacial score (nSPS) is 14.6. The molecule has 1 aliphatic heterocycles. The predicted octanol–water partition coefficient (Wildman–Crippen LogP) is 3.29. The van der Waals surface area contributed by atoms with Crippen LogP contribution in [0, 0.1) is 0 Å². The van der Waals surface area contributed by atoms with Crippen LogP contribution < -0.4 is 15.0 Å². The van der Waals surface area contributed by atoms with E-state index in [9.17, 15) is 4.79 Å². The summed E-state index contributed by atoms with van der Waals surface area (Å²) in [7, 11) is 0. The van der Waals surface area contributed by atoms with Crippen molar-refractivity contribution in [3.8, 4) is 5.75 Å². The predicted molar refractivity (Wildman–Crippen MR) is 122 cm³/mol. The topological polar surface area (TPSA) is 83.5 Å². The van der Waals surface area contributed by atoms with E-state index >= 15 is 0 Å². The fraction of sp³-hybridized carbons (Fsp3) is 0.364. The Labute approximate surface area is 185 Å². The first-order valence-corrected chi connectivity index (χ1v) is 11.2. The Hall–Kier alpha value is -3.04. The number of aromatic nitrogens is 3. The Balaban J connectivity index is 1.45. The summed E-state index contributed by atoms with van der Waals surface area (Å²) < 4.78 is 5.91. The fourth-order valence-electron chi connectivity index (χ4n) is 3.53. The molecule has 1 fully saturated rings. The van der Waals surface area contributed by atoms with Crippen LogP contribution in [0.2, 0.25) is 0 Å². The number of hydrogen-bond acceptors (Lipinski definition) is 8. The average Bonchev–Trinajstić information content (AvgIpc) is 3.27. The number of amides is 1. The number of hydrogen-bond donors (Lipinski definition) is 1. The van der Waals surface area contributed by atoms with Crippen LogP contribution in [0.3, 0.4) is 0 Å². The summed E-state index contributed by atoms with van der Waals surface area (Å²) in [5.41, 5.74) is 1.62. The summed E-state index contributed by atoms with van der Waals surface area (Å²) in [5, 5.41) is 5.27. The van der Waals surface area contributed by atoms with Crippen molar-refractivity contribution in [1.82, 2.24) is 19.9 Å². The van der Waals surface area contributed by atoms with E-state index in [0.29, 0.717) is 16.4 Å². The lowest BCUT2D eigenvalue weighted by Gasteiger charge is -2.35. The van der Waals surface area contributed by atoms with Crippen LogP contribution in [0.15, 0.2) is 48.4 Å². The zero-order chi connectivity index (χ0) is 21.6. The molecule has 1 aliphatic rings. The largest absolute Gasteiger partial charge is 0.491 e.